The molecule has 4 fully saturated rings. The third-order valence-electron chi connectivity index (χ3n) is 5.84. The van der Waals surface area contributed by atoms with E-state index in [1.54, 1.807) is 23.5 Å². The Bertz CT molecular complexity index is 324. The molecule has 6 atom stereocenters. The molecule has 0 radical (unpaired) electrons. The predicted octanol–water partition coefficient (Wildman–Crippen LogP) is 4.95. The summed E-state index contributed by atoms with van der Waals surface area (Å²) in [5.41, 5.74) is 0. The molecule has 0 saturated heterocycles. The molecule has 6 unspecified atom stereocenters. The molecule has 0 heterocycles. The van der Waals surface area contributed by atoms with Crippen LogP contribution in [0.15, 0.2) is 0 Å². The molecule has 0 spiro atoms. The first-order chi connectivity index (χ1) is 8.78. The lowest BCUT2D eigenvalue weighted by atomic mass is 10.0. The Morgan fingerprint density at radius 2 is 1.22 bits per heavy atom. The number of carbonyl (C=O) groups is 1. The van der Waals surface area contributed by atoms with Gasteiger partial charge in [-0.2, -0.15) is 0 Å². The minimum atomic E-state index is 0.449. The lowest BCUT2D eigenvalue weighted by Crippen LogP contribution is -2.17. The van der Waals surface area contributed by atoms with Crippen LogP contribution in [0.1, 0.15) is 51.4 Å². The van der Waals surface area contributed by atoms with Gasteiger partial charge in [-0.1, -0.05) is 36.4 Å². The highest BCUT2D eigenvalue weighted by Gasteiger charge is 2.43. The van der Waals surface area contributed by atoms with Crippen molar-refractivity contribution in [2.75, 3.05) is 0 Å². The molecule has 18 heavy (non-hydrogen) atoms. The minimum Gasteiger partial charge on any atom is -0.274 e. The van der Waals surface area contributed by atoms with E-state index in [1.165, 1.54) is 51.4 Å². The van der Waals surface area contributed by atoms with E-state index in [2.05, 4.69) is 0 Å². The first kappa shape index (κ1) is 12.1. The molecular formula is C15H22OS2. The molecule has 0 aliphatic heterocycles. The van der Waals surface area contributed by atoms with Crippen LogP contribution in [0.5, 0.6) is 0 Å². The number of rotatable bonds is 2. The molecule has 100 valence electrons. The monoisotopic (exact) mass is 282 g/mol. The van der Waals surface area contributed by atoms with Crippen molar-refractivity contribution in [3.05, 3.63) is 0 Å². The third kappa shape index (κ3) is 2.15. The summed E-state index contributed by atoms with van der Waals surface area (Å²) in [6, 6.07) is 0. The standard InChI is InChI=1S/C15H22OS2/c16-15(17-13-7-9-1-3-11(13)5-9)18-14-8-10-2-4-12(14)6-10/h9-14H,1-8H2. The fraction of sp³-hybridized carbons (Fsp3) is 0.933. The summed E-state index contributed by atoms with van der Waals surface area (Å²) in [5, 5.41) is 1.37. The molecule has 0 aromatic heterocycles. The van der Waals surface area contributed by atoms with Crippen LogP contribution in [0.2, 0.25) is 0 Å². The Hall–Kier alpha value is 0.370. The smallest absolute Gasteiger partial charge is 0.246 e. The van der Waals surface area contributed by atoms with Gasteiger partial charge in [0, 0.05) is 10.5 Å². The van der Waals surface area contributed by atoms with E-state index in [0.29, 0.717) is 14.9 Å². The Morgan fingerprint density at radius 1 is 0.722 bits per heavy atom. The second-order valence-corrected chi connectivity index (χ2v) is 9.59. The normalized spacial score (nSPS) is 49.1. The van der Waals surface area contributed by atoms with E-state index in [-0.39, 0.29) is 0 Å². The Morgan fingerprint density at radius 3 is 1.56 bits per heavy atom. The maximum atomic E-state index is 12.2. The summed E-state index contributed by atoms with van der Waals surface area (Å²) < 4.78 is 0.449. The largest absolute Gasteiger partial charge is 0.274 e. The lowest BCUT2D eigenvalue weighted by Gasteiger charge is -2.23. The van der Waals surface area contributed by atoms with Gasteiger partial charge in [-0.05, 0) is 62.2 Å². The summed E-state index contributed by atoms with van der Waals surface area (Å²) in [6.07, 6.45) is 11.2. The molecule has 4 aliphatic carbocycles. The molecule has 4 saturated carbocycles. The van der Waals surface area contributed by atoms with E-state index < -0.39 is 0 Å². The number of thioether (sulfide) groups is 2. The Balaban J connectivity index is 1.29. The van der Waals surface area contributed by atoms with Crippen LogP contribution >= 0.6 is 23.5 Å². The molecule has 0 aromatic carbocycles. The Labute approximate surface area is 118 Å². The number of hydrogen-bond acceptors (Lipinski definition) is 3. The van der Waals surface area contributed by atoms with Crippen molar-refractivity contribution in [3.63, 3.8) is 0 Å². The summed E-state index contributed by atoms with van der Waals surface area (Å²) in [6.45, 7) is 0. The van der Waals surface area contributed by atoms with Gasteiger partial charge in [0.15, 0.2) is 0 Å². The SMILES string of the molecule is O=C(SC1CC2CCC1C2)SC1CC2CCC1C2. The van der Waals surface area contributed by atoms with Crippen molar-refractivity contribution in [1.82, 2.24) is 0 Å². The maximum absolute atomic E-state index is 12.2. The molecule has 1 nitrogen and oxygen atoms in total. The fourth-order valence-electron chi connectivity index (χ4n) is 4.94. The second kappa shape index (κ2) is 4.73. The summed E-state index contributed by atoms with van der Waals surface area (Å²) >= 11 is 3.42. The molecule has 4 aliphatic rings. The quantitative estimate of drug-likeness (QED) is 0.713. The van der Waals surface area contributed by atoms with E-state index in [1.807, 2.05) is 0 Å². The summed E-state index contributed by atoms with van der Waals surface area (Å²) in [5.74, 6) is 3.69. The topological polar surface area (TPSA) is 17.1 Å². The van der Waals surface area contributed by atoms with E-state index in [0.717, 1.165) is 23.7 Å². The number of fused-ring (bicyclic) bond motifs is 4. The van der Waals surface area contributed by atoms with E-state index in [4.69, 9.17) is 0 Å². The van der Waals surface area contributed by atoms with Gasteiger partial charge in [-0.25, -0.2) is 0 Å². The van der Waals surface area contributed by atoms with Crippen LogP contribution in [-0.4, -0.2) is 14.9 Å². The summed E-state index contributed by atoms with van der Waals surface area (Å²) in [7, 11) is 0. The minimum absolute atomic E-state index is 0.449. The average Bonchev–Trinajstić information content (AvgIpc) is 3.08. The number of hydrogen-bond donors (Lipinski definition) is 0. The molecule has 4 bridgehead atoms. The van der Waals surface area contributed by atoms with Crippen molar-refractivity contribution < 1.29 is 4.79 Å². The summed E-state index contributed by atoms with van der Waals surface area (Å²) in [4.78, 5) is 12.2. The van der Waals surface area contributed by atoms with E-state index >= 15 is 0 Å². The molecule has 3 heteroatoms. The highest BCUT2D eigenvalue weighted by molar-refractivity contribution is 8.39. The van der Waals surface area contributed by atoms with Crippen molar-refractivity contribution in [2.24, 2.45) is 23.7 Å². The molecule has 4 rings (SSSR count). The van der Waals surface area contributed by atoms with Crippen LogP contribution in [0.3, 0.4) is 0 Å². The molecule has 0 amide bonds. The van der Waals surface area contributed by atoms with Crippen LogP contribution in [0, 0.1) is 23.7 Å². The first-order valence-electron chi connectivity index (χ1n) is 7.65. The van der Waals surface area contributed by atoms with Gasteiger partial charge in [0.2, 0.25) is 4.45 Å². The van der Waals surface area contributed by atoms with Gasteiger partial charge in [0.1, 0.15) is 0 Å². The second-order valence-electron chi connectivity index (χ2n) is 6.91. The van der Waals surface area contributed by atoms with Crippen LogP contribution in [0.25, 0.3) is 0 Å². The first-order valence-corrected chi connectivity index (χ1v) is 9.41. The van der Waals surface area contributed by atoms with Gasteiger partial charge in [0.25, 0.3) is 0 Å². The van der Waals surface area contributed by atoms with Crippen LogP contribution in [0.4, 0.5) is 4.79 Å². The van der Waals surface area contributed by atoms with Gasteiger partial charge in [0.05, 0.1) is 0 Å². The van der Waals surface area contributed by atoms with Crippen molar-refractivity contribution >= 4 is 28.0 Å². The number of carbonyl (C=O) groups excluding carboxylic acids is 1. The van der Waals surface area contributed by atoms with Crippen LogP contribution in [-0.2, 0) is 0 Å². The molecule has 0 aromatic rings. The van der Waals surface area contributed by atoms with Gasteiger partial charge < -0.3 is 0 Å². The van der Waals surface area contributed by atoms with Gasteiger partial charge in [-0.15, -0.1) is 0 Å². The Kier molecular flexibility index (Phi) is 3.19. The zero-order chi connectivity index (χ0) is 12.1. The molecule has 0 N–H and O–H groups in total. The predicted molar refractivity (Wildman–Crippen MR) is 79.1 cm³/mol. The average molecular weight is 282 g/mol. The van der Waals surface area contributed by atoms with Crippen LogP contribution < -0.4 is 0 Å². The van der Waals surface area contributed by atoms with E-state index in [9.17, 15) is 4.79 Å². The highest BCUT2D eigenvalue weighted by Crippen LogP contribution is 2.53. The van der Waals surface area contributed by atoms with Gasteiger partial charge >= 0.3 is 0 Å². The molecular weight excluding hydrogens is 260 g/mol. The highest BCUT2D eigenvalue weighted by atomic mass is 32.2. The van der Waals surface area contributed by atoms with Crippen molar-refractivity contribution in [3.8, 4) is 0 Å². The fourth-order valence-corrected chi connectivity index (χ4v) is 8.01. The zero-order valence-electron chi connectivity index (χ0n) is 10.8. The third-order valence-corrected chi connectivity index (χ3v) is 8.56. The zero-order valence-corrected chi connectivity index (χ0v) is 12.5. The van der Waals surface area contributed by atoms with Gasteiger partial charge in [-0.3, -0.25) is 4.79 Å². The maximum Gasteiger partial charge on any atom is 0.246 e. The lowest BCUT2D eigenvalue weighted by molar-refractivity contribution is 0.276. The van der Waals surface area contributed by atoms with Crippen molar-refractivity contribution in [1.29, 1.82) is 0 Å². The van der Waals surface area contributed by atoms with Crippen molar-refractivity contribution in [2.45, 2.75) is 61.9 Å².